The minimum atomic E-state index is 0.210. The van der Waals surface area contributed by atoms with Gasteiger partial charge in [0.05, 0.1) is 13.2 Å². The smallest absolute Gasteiger partial charge is 0.0569 e. The van der Waals surface area contributed by atoms with Crippen molar-refractivity contribution in [1.29, 1.82) is 0 Å². The van der Waals surface area contributed by atoms with Crippen LogP contribution in [0.5, 0.6) is 0 Å². The second-order valence-corrected chi connectivity index (χ2v) is 5.67. The summed E-state index contributed by atoms with van der Waals surface area (Å²) in [5, 5.41) is 0. The molecule has 1 fully saturated rings. The molecule has 0 bridgehead atoms. The maximum Gasteiger partial charge on any atom is 0.0569 e. The highest BCUT2D eigenvalue weighted by Crippen LogP contribution is 2.26. The number of rotatable bonds is 6. The number of nitrogens with zero attached hydrogens (tertiary/aromatic N) is 1. The molecule has 100 valence electrons. The molecule has 1 saturated heterocycles. The Morgan fingerprint density at radius 3 is 2.44 bits per heavy atom. The van der Waals surface area contributed by atoms with Crippen molar-refractivity contribution in [3.63, 3.8) is 0 Å². The summed E-state index contributed by atoms with van der Waals surface area (Å²) in [6.07, 6.45) is 1.10. The highest BCUT2D eigenvalue weighted by Gasteiger charge is 2.37. The Bertz CT molecular complexity index is 365. The fourth-order valence-corrected chi connectivity index (χ4v) is 2.39. The molecule has 18 heavy (non-hydrogen) atoms. The third-order valence-corrected chi connectivity index (χ3v) is 3.76. The Balaban J connectivity index is 1.77. The average molecular weight is 248 g/mol. The van der Waals surface area contributed by atoms with Crippen molar-refractivity contribution >= 4 is 0 Å². The van der Waals surface area contributed by atoms with Crippen LogP contribution in [0.3, 0.4) is 0 Å². The lowest BCUT2D eigenvalue weighted by Crippen LogP contribution is -2.54. The lowest BCUT2D eigenvalue weighted by atomic mass is 9.85. The molecule has 0 radical (unpaired) electrons. The summed E-state index contributed by atoms with van der Waals surface area (Å²) in [4.78, 5) is 2.37. The molecular formula is C15H24N2O. The van der Waals surface area contributed by atoms with Crippen LogP contribution in [0.2, 0.25) is 0 Å². The number of ether oxygens (including phenoxy) is 1. The van der Waals surface area contributed by atoms with Crippen LogP contribution in [-0.4, -0.2) is 44.8 Å². The molecule has 0 unspecified atom stereocenters. The maximum absolute atomic E-state index is 5.83. The lowest BCUT2D eigenvalue weighted by molar-refractivity contribution is -0.117. The van der Waals surface area contributed by atoms with E-state index >= 15 is 0 Å². The van der Waals surface area contributed by atoms with Crippen molar-refractivity contribution in [3.8, 4) is 0 Å². The first-order valence-corrected chi connectivity index (χ1v) is 6.65. The molecule has 0 atom stereocenters. The molecule has 0 spiro atoms. The molecule has 3 nitrogen and oxygen atoms in total. The molecule has 0 aromatic heterocycles. The molecule has 1 aliphatic heterocycles. The van der Waals surface area contributed by atoms with Crippen molar-refractivity contribution < 1.29 is 4.74 Å². The molecule has 1 aliphatic rings. The number of benzene rings is 1. The van der Waals surface area contributed by atoms with Gasteiger partial charge in [-0.15, -0.1) is 0 Å². The van der Waals surface area contributed by atoms with E-state index in [0.717, 1.165) is 39.3 Å². The highest BCUT2D eigenvalue weighted by molar-refractivity contribution is 5.21. The van der Waals surface area contributed by atoms with Crippen LogP contribution in [0.1, 0.15) is 11.1 Å². The summed E-state index contributed by atoms with van der Waals surface area (Å²) in [7, 11) is 2.17. The van der Waals surface area contributed by atoms with Crippen LogP contribution in [0.15, 0.2) is 24.3 Å². The minimum Gasteiger partial charge on any atom is -0.380 e. The van der Waals surface area contributed by atoms with Gasteiger partial charge in [-0.3, -0.25) is 0 Å². The summed E-state index contributed by atoms with van der Waals surface area (Å²) in [5.41, 5.74) is 8.77. The molecule has 0 saturated carbocycles. The van der Waals surface area contributed by atoms with Crippen molar-refractivity contribution in [3.05, 3.63) is 35.4 Å². The zero-order chi connectivity index (χ0) is 13.0. The predicted molar refractivity (Wildman–Crippen MR) is 74.7 cm³/mol. The van der Waals surface area contributed by atoms with Gasteiger partial charge in [-0.2, -0.15) is 0 Å². The van der Waals surface area contributed by atoms with Gasteiger partial charge in [0.25, 0.3) is 0 Å². The quantitative estimate of drug-likeness (QED) is 0.828. The Kier molecular flexibility index (Phi) is 4.38. The molecule has 1 heterocycles. The third kappa shape index (κ3) is 3.31. The van der Waals surface area contributed by atoms with Crippen molar-refractivity contribution in [2.45, 2.75) is 13.3 Å². The number of aryl methyl sites for hydroxylation is 1. The van der Waals surface area contributed by atoms with E-state index < -0.39 is 0 Å². The number of nitrogens with two attached hydrogens (primary N) is 1. The van der Waals surface area contributed by atoms with Crippen molar-refractivity contribution in [2.75, 3.05) is 39.9 Å². The fourth-order valence-electron chi connectivity index (χ4n) is 2.39. The van der Waals surface area contributed by atoms with Gasteiger partial charge in [0.15, 0.2) is 0 Å². The van der Waals surface area contributed by atoms with E-state index in [1.807, 2.05) is 0 Å². The van der Waals surface area contributed by atoms with Gasteiger partial charge in [-0.1, -0.05) is 29.8 Å². The van der Waals surface area contributed by atoms with E-state index in [1.165, 1.54) is 11.1 Å². The Labute approximate surface area is 110 Å². The zero-order valence-corrected chi connectivity index (χ0v) is 11.5. The number of hydrogen-bond donors (Lipinski definition) is 1. The Morgan fingerprint density at radius 2 is 1.94 bits per heavy atom. The van der Waals surface area contributed by atoms with Gasteiger partial charge in [0.2, 0.25) is 0 Å². The summed E-state index contributed by atoms with van der Waals surface area (Å²) >= 11 is 0. The van der Waals surface area contributed by atoms with Gasteiger partial charge >= 0.3 is 0 Å². The van der Waals surface area contributed by atoms with E-state index in [-0.39, 0.29) is 5.41 Å². The summed E-state index contributed by atoms with van der Waals surface area (Å²) in [5.74, 6) is 0. The first-order chi connectivity index (χ1) is 8.63. The second-order valence-electron chi connectivity index (χ2n) is 5.67. The third-order valence-electron chi connectivity index (χ3n) is 3.76. The SMILES string of the molecule is Cc1ccc(CCN(C)CC2(CN)COC2)cc1. The zero-order valence-electron chi connectivity index (χ0n) is 11.5. The van der Waals surface area contributed by atoms with E-state index in [4.69, 9.17) is 10.5 Å². The van der Waals surface area contributed by atoms with Gasteiger partial charge < -0.3 is 15.4 Å². The standard InChI is InChI=1S/C15H24N2O/c1-13-3-5-14(6-4-13)7-8-17(2)10-15(9-16)11-18-12-15/h3-6H,7-12,16H2,1-2H3. The molecular weight excluding hydrogens is 224 g/mol. The average Bonchev–Trinajstić information content (AvgIpc) is 2.33. The van der Waals surface area contributed by atoms with Crippen LogP contribution in [0, 0.1) is 12.3 Å². The largest absolute Gasteiger partial charge is 0.380 e. The molecule has 3 heteroatoms. The van der Waals surface area contributed by atoms with Crippen LogP contribution < -0.4 is 5.73 Å². The Hall–Kier alpha value is -0.900. The topological polar surface area (TPSA) is 38.5 Å². The van der Waals surface area contributed by atoms with Crippen LogP contribution in [-0.2, 0) is 11.2 Å². The monoisotopic (exact) mass is 248 g/mol. The van der Waals surface area contributed by atoms with E-state index in [1.54, 1.807) is 0 Å². The van der Waals surface area contributed by atoms with E-state index in [9.17, 15) is 0 Å². The molecule has 1 aromatic rings. The first kappa shape index (κ1) is 13.5. The van der Waals surface area contributed by atoms with Crippen molar-refractivity contribution in [2.24, 2.45) is 11.1 Å². The lowest BCUT2D eigenvalue weighted by Gasteiger charge is -2.43. The number of likely N-dealkylation sites (N-methyl/N-ethyl adjacent to an activating group) is 1. The van der Waals surface area contributed by atoms with Crippen molar-refractivity contribution in [1.82, 2.24) is 4.90 Å². The normalized spacial score (nSPS) is 17.8. The van der Waals surface area contributed by atoms with Crippen LogP contribution in [0.4, 0.5) is 0 Å². The minimum absolute atomic E-state index is 0.210. The maximum atomic E-state index is 5.83. The summed E-state index contributed by atoms with van der Waals surface area (Å²) in [6, 6.07) is 8.79. The molecule has 2 N–H and O–H groups in total. The van der Waals surface area contributed by atoms with E-state index in [0.29, 0.717) is 0 Å². The first-order valence-electron chi connectivity index (χ1n) is 6.65. The predicted octanol–water partition coefficient (Wildman–Crippen LogP) is 1.44. The number of hydrogen-bond acceptors (Lipinski definition) is 3. The van der Waals surface area contributed by atoms with E-state index in [2.05, 4.69) is 43.1 Å². The van der Waals surface area contributed by atoms with Gasteiger partial charge in [0, 0.05) is 25.0 Å². The second kappa shape index (κ2) is 5.83. The summed E-state index contributed by atoms with van der Waals surface area (Å²) in [6.45, 7) is 6.59. The van der Waals surface area contributed by atoms with Crippen LogP contribution in [0.25, 0.3) is 0 Å². The summed E-state index contributed by atoms with van der Waals surface area (Å²) < 4.78 is 5.30. The molecule has 2 rings (SSSR count). The molecule has 0 amide bonds. The van der Waals surface area contributed by atoms with Gasteiger partial charge in [0.1, 0.15) is 0 Å². The van der Waals surface area contributed by atoms with Gasteiger partial charge in [-0.25, -0.2) is 0 Å². The van der Waals surface area contributed by atoms with Gasteiger partial charge in [-0.05, 0) is 26.0 Å². The molecule has 1 aromatic carbocycles. The Morgan fingerprint density at radius 1 is 1.28 bits per heavy atom. The highest BCUT2D eigenvalue weighted by atomic mass is 16.5. The fraction of sp³-hybridized carbons (Fsp3) is 0.600. The van der Waals surface area contributed by atoms with Crippen LogP contribution >= 0.6 is 0 Å². The molecule has 0 aliphatic carbocycles.